The number of aromatic hydroxyl groups is 1. The van der Waals surface area contributed by atoms with Crippen molar-refractivity contribution in [3.8, 4) is 5.75 Å². The number of carbonyl (C=O) groups is 2. The van der Waals surface area contributed by atoms with Gasteiger partial charge in [-0.3, -0.25) is 14.5 Å². The minimum absolute atomic E-state index is 0.145. The van der Waals surface area contributed by atoms with Crippen molar-refractivity contribution in [2.75, 3.05) is 13.2 Å². The van der Waals surface area contributed by atoms with Gasteiger partial charge in [0.2, 0.25) is 11.8 Å². The summed E-state index contributed by atoms with van der Waals surface area (Å²) in [6.07, 6.45) is 3.51. The number of amides is 2. The molecule has 4 atom stereocenters. The molecule has 4 rings (SSSR count). The summed E-state index contributed by atoms with van der Waals surface area (Å²) in [4.78, 5) is 27.2. The second kappa shape index (κ2) is 10.3. The fourth-order valence-corrected chi connectivity index (χ4v) is 5.92. The molecule has 1 aliphatic carbocycles. The van der Waals surface area contributed by atoms with Gasteiger partial charge in [0.15, 0.2) is 0 Å². The first-order valence-electron chi connectivity index (χ1n) is 12.5. The summed E-state index contributed by atoms with van der Waals surface area (Å²) in [5, 5.41) is 33.3. The summed E-state index contributed by atoms with van der Waals surface area (Å²) in [6.45, 7) is 5.98. The Morgan fingerprint density at radius 1 is 1.14 bits per heavy atom. The fraction of sp³-hybridized carbons (Fsp3) is 0.448. The number of aliphatic hydroxyl groups excluding tert-OH is 2. The smallest absolute Gasteiger partial charge is 0.233 e. The lowest BCUT2D eigenvalue weighted by atomic mass is 9.68. The van der Waals surface area contributed by atoms with E-state index in [4.69, 9.17) is 0 Å². The van der Waals surface area contributed by atoms with E-state index in [0.717, 1.165) is 33.1 Å². The van der Waals surface area contributed by atoms with E-state index in [9.17, 15) is 24.9 Å². The summed E-state index contributed by atoms with van der Waals surface area (Å²) >= 11 is 0. The van der Waals surface area contributed by atoms with E-state index in [1.807, 2.05) is 51.1 Å². The predicted molar refractivity (Wildman–Crippen MR) is 136 cm³/mol. The highest BCUT2D eigenvalue weighted by Crippen LogP contribution is 2.46. The molecule has 0 saturated carbocycles. The second-order valence-electron chi connectivity index (χ2n) is 9.95. The van der Waals surface area contributed by atoms with Crippen molar-refractivity contribution in [1.82, 2.24) is 4.90 Å². The molecule has 1 saturated heterocycles. The molecule has 0 unspecified atom stereocenters. The Bertz CT molecular complexity index is 1200. The quantitative estimate of drug-likeness (QED) is 0.386. The maximum absolute atomic E-state index is 13.0. The molecule has 35 heavy (non-hydrogen) atoms. The Labute approximate surface area is 206 Å². The highest BCUT2D eigenvalue weighted by molar-refractivity contribution is 6.05. The number of rotatable bonds is 8. The maximum atomic E-state index is 13.0. The zero-order chi connectivity index (χ0) is 25.3. The van der Waals surface area contributed by atoms with Crippen molar-refractivity contribution < 1.29 is 24.9 Å². The standard InChI is InChI=1S/C29H35NO5/c1-4-13-30-28(34)22-15-18(3)26(23(16-31)27(22)29(30)35)25(33)11-9-17(2)14-19-10-12-24(32)21-8-6-5-7-20(19)21/h5-8,10,12,14,22-23,25,27,31-33H,4,9,11,13,15-16H2,1-3H3/b17-14+/t22-,23+,25-,27-/m1/s1. The number of aliphatic hydroxyl groups is 2. The number of hydrogen-bond donors (Lipinski definition) is 3. The van der Waals surface area contributed by atoms with E-state index >= 15 is 0 Å². The van der Waals surface area contributed by atoms with Crippen LogP contribution >= 0.6 is 0 Å². The number of benzene rings is 2. The topological polar surface area (TPSA) is 98.1 Å². The molecule has 2 aromatic carbocycles. The highest BCUT2D eigenvalue weighted by Gasteiger charge is 2.54. The van der Waals surface area contributed by atoms with Gasteiger partial charge in [0.05, 0.1) is 24.5 Å². The van der Waals surface area contributed by atoms with Crippen LogP contribution in [0, 0.1) is 17.8 Å². The Balaban J connectivity index is 1.52. The molecule has 186 valence electrons. The minimum Gasteiger partial charge on any atom is -0.507 e. The Hall–Kier alpha value is -2.96. The fourth-order valence-electron chi connectivity index (χ4n) is 5.92. The van der Waals surface area contributed by atoms with Gasteiger partial charge in [-0.05, 0) is 62.1 Å². The molecule has 0 spiro atoms. The van der Waals surface area contributed by atoms with Crippen LogP contribution in [-0.2, 0) is 9.59 Å². The summed E-state index contributed by atoms with van der Waals surface area (Å²) in [5.41, 5.74) is 3.70. The first-order valence-corrected chi connectivity index (χ1v) is 12.5. The molecular weight excluding hydrogens is 442 g/mol. The van der Waals surface area contributed by atoms with Gasteiger partial charge in [-0.15, -0.1) is 0 Å². The monoisotopic (exact) mass is 477 g/mol. The number of fused-ring (bicyclic) bond motifs is 2. The molecule has 0 radical (unpaired) electrons. The lowest BCUT2D eigenvalue weighted by Crippen LogP contribution is -2.38. The predicted octanol–water partition coefficient (Wildman–Crippen LogP) is 4.43. The molecule has 2 amide bonds. The van der Waals surface area contributed by atoms with E-state index in [2.05, 4.69) is 6.08 Å². The maximum Gasteiger partial charge on any atom is 0.233 e. The lowest BCUT2D eigenvalue weighted by Gasteiger charge is -2.35. The first-order chi connectivity index (χ1) is 16.8. The highest BCUT2D eigenvalue weighted by atomic mass is 16.3. The molecule has 6 nitrogen and oxygen atoms in total. The van der Waals surface area contributed by atoms with Crippen molar-refractivity contribution in [3.63, 3.8) is 0 Å². The number of hydrogen-bond acceptors (Lipinski definition) is 5. The second-order valence-corrected chi connectivity index (χ2v) is 9.95. The number of phenols is 1. The molecule has 6 heteroatoms. The zero-order valence-corrected chi connectivity index (χ0v) is 20.7. The average Bonchev–Trinajstić information content (AvgIpc) is 3.08. The van der Waals surface area contributed by atoms with Crippen LogP contribution in [0.4, 0.5) is 0 Å². The van der Waals surface area contributed by atoms with Crippen molar-refractivity contribution in [2.45, 2.75) is 52.6 Å². The Morgan fingerprint density at radius 2 is 1.86 bits per heavy atom. The van der Waals surface area contributed by atoms with E-state index < -0.39 is 23.9 Å². The summed E-state index contributed by atoms with van der Waals surface area (Å²) < 4.78 is 0. The number of nitrogens with zero attached hydrogens (tertiary/aromatic N) is 1. The van der Waals surface area contributed by atoms with E-state index in [0.29, 0.717) is 32.2 Å². The van der Waals surface area contributed by atoms with Crippen molar-refractivity contribution >= 4 is 28.7 Å². The van der Waals surface area contributed by atoms with Gasteiger partial charge >= 0.3 is 0 Å². The summed E-state index contributed by atoms with van der Waals surface area (Å²) in [5.74, 6) is -1.68. The van der Waals surface area contributed by atoms with Gasteiger partial charge in [0, 0.05) is 17.8 Å². The number of likely N-dealkylation sites (tertiary alicyclic amines) is 1. The number of imide groups is 1. The molecule has 0 aromatic heterocycles. The van der Waals surface area contributed by atoms with Crippen LogP contribution < -0.4 is 0 Å². The normalized spacial score (nSPS) is 23.9. The van der Waals surface area contributed by atoms with Gasteiger partial charge in [-0.1, -0.05) is 54.5 Å². The van der Waals surface area contributed by atoms with Crippen LogP contribution in [-0.4, -0.2) is 51.3 Å². The minimum atomic E-state index is -0.795. The number of carbonyl (C=O) groups excluding carboxylic acids is 2. The summed E-state index contributed by atoms with van der Waals surface area (Å²) in [7, 11) is 0. The first kappa shape index (κ1) is 25.1. The van der Waals surface area contributed by atoms with Crippen LogP contribution in [0.15, 0.2) is 53.1 Å². The van der Waals surface area contributed by atoms with Crippen LogP contribution in [0.1, 0.15) is 52.0 Å². The summed E-state index contributed by atoms with van der Waals surface area (Å²) in [6, 6.07) is 11.3. The van der Waals surface area contributed by atoms with Crippen LogP contribution in [0.3, 0.4) is 0 Å². The number of phenolic OH excluding ortho intramolecular Hbond substituents is 1. The van der Waals surface area contributed by atoms with Crippen LogP contribution in [0.2, 0.25) is 0 Å². The van der Waals surface area contributed by atoms with E-state index in [1.165, 1.54) is 4.90 Å². The molecule has 1 fully saturated rings. The molecule has 2 aliphatic rings. The zero-order valence-electron chi connectivity index (χ0n) is 20.7. The van der Waals surface area contributed by atoms with Gasteiger partial charge < -0.3 is 15.3 Å². The molecule has 3 N–H and O–H groups in total. The third-order valence-electron chi connectivity index (χ3n) is 7.57. The van der Waals surface area contributed by atoms with Gasteiger partial charge in [-0.25, -0.2) is 0 Å². The van der Waals surface area contributed by atoms with Crippen molar-refractivity contribution in [1.29, 1.82) is 0 Å². The molecule has 2 aromatic rings. The Kier molecular flexibility index (Phi) is 7.43. The molecule has 0 bridgehead atoms. The van der Waals surface area contributed by atoms with Crippen molar-refractivity contribution in [2.24, 2.45) is 17.8 Å². The van der Waals surface area contributed by atoms with E-state index in [1.54, 1.807) is 6.07 Å². The van der Waals surface area contributed by atoms with Crippen LogP contribution in [0.5, 0.6) is 5.75 Å². The molecule has 1 heterocycles. The van der Waals surface area contributed by atoms with E-state index in [-0.39, 0.29) is 24.2 Å². The Morgan fingerprint density at radius 3 is 2.54 bits per heavy atom. The third kappa shape index (κ3) is 4.65. The van der Waals surface area contributed by atoms with Gasteiger partial charge in [-0.2, -0.15) is 0 Å². The van der Waals surface area contributed by atoms with Crippen LogP contribution in [0.25, 0.3) is 16.8 Å². The number of allylic oxidation sites excluding steroid dienone is 2. The third-order valence-corrected chi connectivity index (χ3v) is 7.57. The molecule has 1 aliphatic heterocycles. The largest absolute Gasteiger partial charge is 0.507 e. The lowest BCUT2D eigenvalue weighted by molar-refractivity contribution is -0.140. The van der Waals surface area contributed by atoms with Gasteiger partial charge in [0.1, 0.15) is 5.75 Å². The average molecular weight is 478 g/mol. The van der Waals surface area contributed by atoms with Gasteiger partial charge in [0.25, 0.3) is 0 Å². The SMILES string of the molecule is CCCN1C(=O)[C@@H]2[C@@H](CC(C)=C([C@H](O)CC/C(C)=C/c3ccc(O)c4ccccc34)[C@@H]2CO)C1=O. The van der Waals surface area contributed by atoms with Crippen molar-refractivity contribution in [3.05, 3.63) is 58.7 Å². The molecular formula is C29H35NO5.